The first-order valence-corrected chi connectivity index (χ1v) is 7.94. The molecular weight excluding hydrogens is 266 g/mol. The second kappa shape index (κ2) is 5.38. The minimum absolute atomic E-state index is 0.0702. The van der Waals surface area contributed by atoms with Gasteiger partial charge in [0.25, 0.3) is 0 Å². The van der Waals surface area contributed by atoms with Crippen LogP contribution in [0.15, 0.2) is 18.2 Å². The number of rotatable bonds is 5. The molecule has 1 aromatic carbocycles. The van der Waals surface area contributed by atoms with Crippen LogP contribution in [0.3, 0.4) is 0 Å². The second-order valence-electron chi connectivity index (χ2n) is 4.83. The van der Waals surface area contributed by atoms with E-state index in [0.717, 1.165) is 5.56 Å². The summed E-state index contributed by atoms with van der Waals surface area (Å²) < 4.78 is 34.6. The zero-order chi connectivity index (χ0) is 14.0. The lowest BCUT2D eigenvalue weighted by atomic mass is 10.1. The molecule has 0 bridgehead atoms. The molecule has 0 spiro atoms. The Hall–Kier alpha value is -1.27. The number of hydrogen-bond acceptors (Lipinski definition) is 5. The van der Waals surface area contributed by atoms with Crippen molar-refractivity contribution in [3.63, 3.8) is 0 Å². The Morgan fingerprint density at radius 2 is 1.95 bits per heavy atom. The molecule has 1 atom stereocenters. The van der Waals surface area contributed by atoms with E-state index in [1.807, 2.05) is 18.2 Å². The van der Waals surface area contributed by atoms with Gasteiger partial charge in [0.05, 0.1) is 11.0 Å². The summed E-state index contributed by atoms with van der Waals surface area (Å²) in [5.41, 5.74) is 0.885. The summed E-state index contributed by atoms with van der Waals surface area (Å²) >= 11 is 0. The van der Waals surface area contributed by atoms with Crippen molar-refractivity contribution in [2.45, 2.75) is 25.1 Å². The maximum absolute atomic E-state index is 12.0. The topological polar surface area (TPSA) is 64.6 Å². The Morgan fingerprint density at radius 3 is 2.58 bits per heavy atom. The number of ether oxygens (including phenoxy) is 2. The van der Waals surface area contributed by atoms with Crippen LogP contribution >= 0.6 is 0 Å². The van der Waals surface area contributed by atoms with E-state index < -0.39 is 9.84 Å². The van der Waals surface area contributed by atoms with E-state index in [0.29, 0.717) is 11.5 Å². The van der Waals surface area contributed by atoms with E-state index in [4.69, 9.17) is 9.47 Å². The van der Waals surface area contributed by atoms with Crippen LogP contribution < -0.4 is 14.8 Å². The number of sulfone groups is 1. The minimum atomic E-state index is -3.11. The molecule has 1 heterocycles. The number of hydrogen-bond donors (Lipinski definition) is 1. The molecule has 1 aliphatic rings. The predicted molar refractivity (Wildman–Crippen MR) is 73.3 cm³/mol. The lowest BCUT2D eigenvalue weighted by Gasteiger charge is -2.18. The number of fused-ring (bicyclic) bond motifs is 1. The Bertz CT molecular complexity index is 554. The quantitative estimate of drug-likeness (QED) is 0.888. The first-order chi connectivity index (χ1) is 8.94. The molecule has 0 fully saturated rings. The standard InChI is InChI=1S/C13H19NO4S/c1-9(2)19(15,16)7-11(14-3)10-4-5-12-13(6-10)18-8-17-12/h4-6,9,11,14H,7-8H2,1-3H3. The van der Waals surface area contributed by atoms with Crippen LogP contribution in [0.25, 0.3) is 0 Å². The van der Waals surface area contributed by atoms with Crippen molar-refractivity contribution < 1.29 is 17.9 Å². The van der Waals surface area contributed by atoms with Gasteiger partial charge in [-0.05, 0) is 38.6 Å². The van der Waals surface area contributed by atoms with Crippen molar-refractivity contribution in [1.29, 1.82) is 0 Å². The summed E-state index contributed by atoms with van der Waals surface area (Å²) in [6.07, 6.45) is 0. The van der Waals surface area contributed by atoms with Crippen LogP contribution in [0, 0.1) is 0 Å². The molecule has 0 saturated carbocycles. The maximum atomic E-state index is 12.0. The lowest BCUT2D eigenvalue weighted by Crippen LogP contribution is -2.29. The van der Waals surface area contributed by atoms with Crippen molar-refractivity contribution >= 4 is 9.84 Å². The Balaban J connectivity index is 2.23. The fourth-order valence-corrected chi connectivity index (χ4v) is 3.11. The van der Waals surface area contributed by atoms with Crippen molar-refractivity contribution in [2.24, 2.45) is 0 Å². The molecule has 5 nitrogen and oxygen atoms in total. The summed E-state index contributed by atoms with van der Waals surface area (Å²) in [4.78, 5) is 0. The normalized spacial score (nSPS) is 15.8. The van der Waals surface area contributed by atoms with Gasteiger partial charge in [-0.25, -0.2) is 8.42 Å². The summed E-state index contributed by atoms with van der Waals surface area (Å²) in [6.45, 7) is 3.61. The third-order valence-corrected chi connectivity index (χ3v) is 5.50. The SMILES string of the molecule is CNC(CS(=O)(=O)C(C)C)c1ccc2c(c1)OCO2. The van der Waals surface area contributed by atoms with Gasteiger partial charge in [0.15, 0.2) is 21.3 Å². The largest absolute Gasteiger partial charge is 0.454 e. The lowest BCUT2D eigenvalue weighted by molar-refractivity contribution is 0.174. The van der Waals surface area contributed by atoms with Crippen LogP contribution in [-0.2, 0) is 9.84 Å². The van der Waals surface area contributed by atoms with Gasteiger partial charge >= 0.3 is 0 Å². The smallest absolute Gasteiger partial charge is 0.231 e. The van der Waals surface area contributed by atoms with E-state index in [2.05, 4.69) is 5.32 Å². The first-order valence-electron chi connectivity index (χ1n) is 6.22. The summed E-state index contributed by atoms with van der Waals surface area (Å²) in [5, 5.41) is 2.67. The third kappa shape index (κ3) is 3.01. The summed E-state index contributed by atoms with van der Waals surface area (Å²) in [6, 6.07) is 5.26. The fourth-order valence-electron chi connectivity index (χ4n) is 1.90. The molecule has 0 saturated heterocycles. The predicted octanol–water partition coefficient (Wildman–Crippen LogP) is 1.50. The van der Waals surface area contributed by atoms with Gasteiger partial charge in [-0.2, -0.15) is 0 Å². The van der Waals surface area contributed by atoms with Gasteiger partial charge in [-0.1, -0.05) is 6.07 Å². The third-order valence-electron chi connectivity index (χ3n) is 3.26. The summed E-state index contributed by atoms with van der Waals surface area (Å²) in [7, 11) is -1.35. The Labute approximate surface area is 113 Å². The van der Waals surface area contributed by atoms with E-state index in [1.165, 1.54) is 0 Å². The minimum Gasteiger partial charge on any atom is -0.454 e. The van der Waals surface area contributed by atoms with Crippen molar-refractivity contribution in [1.82, 2.24) is 5.32 Å². The molecule has 0 radical (unpaired) electrons. The van der Waals surface area contributed by atoms with Crippen molar-refractivity contribution in [3.8, 4) is 11.5 Å². The first kappa shape index (κ1) is 14.1. The highest BCUT2D eigenvalue weighted by molar-refractivity contribution is 7.92. The van der Waals surface area contributed by atoms with Gasteiger partial charge < -0.3 is 14.8 Å². The molecule has 0 amide bonds. The maximum Gasteiger partial charge on any atom is 0.231 e. The zero-order valence-corrected chi connectivity index (χ0v) is 12.2. The molecular formula is C13H19NO4S. The van der Waals surface area contributed by atoms with Crippen LogP contribution in [0.2, 0.25) is 0 Å². The van der Waals surface area contributed by atoms with Gasteiger partial charge in [0, 0.05) is 6.04 Å². The monoisotopic (exact) mass is 285 g/mol. The zero-order valence-electron chi connectivity index (χ0n) is 11.3. The second-order valence-corrected chi connectivity index (χ2v) is 7.43. The number of benzene rings is 1. The van der Waals surface area contributed by atoms with E-state index in [9.17, 15) is 8.42 Å². The molecule has 6 heteroatoms. The van der Waals surface area contributed by atoms with Gasteiger partial charge in [0.1, 0.15) is 0 Å². The van der Waals surface area contributed by atoms with Crippen LogP contribution in [0.4, 0.5) is 0 Å². The van der Waals surface area contributed by atoms with E-state index in [1.54, 1.807) is 20.9 Å². The molecule has 1 aliphatic heterocycles. The Kier molecular flexibility index (Phi) is 4.01. The molecule has 2 rings (SSSR count). The molecule has 0 aliphatic carbocycles. The molecule has 0 aromatic heterocycles. The molecule has 1 aromatic rings. The molecule has 1 N–H and O–H groups in total. The van der Waals surface area contributed by atoms with E-state index >= 15 is 0 Å². The van der Waals surface area contributed by atoms with Crippen molar-refractivity contribution in [2.75, 3.05) is 19.6 Å². The average molecular weight is 285 g/mol. The highest BCUT2D eigenvalue weighted by Crippen LogP contribution is 2.34. The Morgan fingerprint density at radius 1 is 1.26 bits per heavy atom. The van der Waals surface area contributed by atoms with Gasteiger partial charge in [-0.3, -0.25) is 0 Å². The number of nitrogens with one attached hydrogen (secondary N) is 1. The average Bonchev–Trinajstić information content (AvgIpc) is 2.82. The molecule has 106 valence electrons. The van der Waals surface area contributed by atoms with Gasteiger partial charge in [-0.15, -0.1) is 0 Å². The highest BCUT2D eigenvalue weighted by Gasteiger charge is 2.24. The molecule has 1 unspecified atom stereocenters. The molecule has 19 heavy (non-hydrogen) atoms. The van der Waals surface area contributed by atoms with Gasteiger partial charge in [0.2, 0.25) is 6.79 Å². The highest BCUT2D eigenvalue weighted by atomic mass is 32.2. The van der Waals surface area contributed by atoms with Crippen molar-refractivity contribution in [3.05, 3.63) is 23.8 Å². The fraction of sp³-hybridized carbons (Fsp3) is 0.538. The van der Waals surface area contributed by atoms with E-state index in [-0.39, 0.29) is 23.8 Å². The van der Waals surface area contributed by atoms with Crippen LogP contribution in [-0.4, -0.2) is 33.3 Å². The summed E-state index contributed by atoms with van der Waals surface area (Å²) in [5.74, 6) is 1.44. The van der Waals surface area contributed by atoms with Crippen LogP contribution in [0.5, 0.6) is 11.5 Å². The van der Waals surface area contributed by atoms with Crippen LogP contribution in [0.1, 0.15) is 25.5 Å².